The molecule has 0 bridgehead atoms. The Balaban J connectivity index is 2.95. The van der Waals surface area contributed by atoms with Crippen LogP contribution in [0.2, 0.25) is 0 Å². The van der Waals surface area contributed by atoms with E-state index in [9.17, 15) is 18.0 Å². The number of alkyl halides is 3. The van der Waals surface area contributed by atoms with Crippen molar-refractivity contribution >= 4 is 18.2 Å². The fourth-order valence-electron chi connectivity index (χ4n) is 1.90. The Morgan fingerprint density at radius 3 is 2.52 bits per heavy atom. The molecule has 0 spiro atoms. The molecule has 1 N–H and O–H groups in total. The number of hydrazone groups is 2. The van der Waals surface area contributed by atoms with Gasteiger partial charge in [0.2, 0.25) is 5.96 Å². The maximum absolute atomic E-state index is 13.0. The summed E-state index contributed by atoms with van der Waals surface area (Å²) in [5.41, 5.74) is -2.36. The van der Waals surface area contributed by atoms with Gasteiger partial charge >= 0.3 is 12.2 Å². The van der Waals surface area contributed by atoms with Crippen LogP contribution < -0.4 is 5.32 Å². The lowest BCUT2D eigenvalue weighted by molar-refractivity contribution is -0.182. The predicted molar refractivity (Wildman–Crippen MR) is 90.9 cm³/mol. The van der Waals surface area contributed by atoms with Gasteiger partial charge in [-0.25, -0.2) is 9.80 Å². The van der Waals surface area contributed by atoms with Gasteiger partial charge in [-0.05, 0) is 26.2 Å². The van der Waals surface area contributed by atoms with E-state index in [-0.39, 0.29) is 12.6 Å². The summed E-state index contributed by atoms with van der Waals surface area (Å²) in [7, 11) is 1.79. The minimum atomic E-state index is -4.57. The van der Waals surface area contributed by atoms with Crippen molar-refractivity contribution in [3.05, 3.63) is 0 Å². The van der Waals surface area contributed by atoms with Crippen LogP contribution in [0.5, 0.6) is 0 Å². The molecule has 144 valence electrons. The van der Waals surface area contributed by atoms with Crippen molar-refractivity contribution in [3.63, 3.8) is 0 Å². The molecular formula is C15H27F3N6O. The number of halogens is 3. The third-order valence-electron chi connectivity index (χ3n) is 3.48. The Kier molecular flexibility index (Phi) is 6.67. The smallest absolute Gasteiger partial charge is 0.343 e. The van der Waals surface area contributed by atoms with E-state index >= 15 is 0 Å². The van der Waals surface area contributed by atoms with E-state index in [0.29, 0.717) is 12.5 Å². The van der Waals surface area contributed by atoms with Crippen molar-refractivity contribution in [1.29, 1.82) is 0 Å². The molecule has 0 aliphatic carbocycles. The average molecular weight is 364 g/mol. The second-order valence-electron chi connectivity index (χ2n) is 6.82. The summed E-state index contributed by atoms with van der Waals surface area (Å²) >= 11 is 0. The summed E-state index contributed by atoms with van der Waals surface area (Å²) in [5, 5.41) is 12.8. The van der Waals surface area contributed by atoms with Crippen molar-refractivity contribution < 1.29 is 18.0 Å². The fraction of sp³-hybridized carbons (Fsp3) is 0.800. The van der Waals surface area contributed by atoms with Gasteiger partial charge in [-0.2, -0.15) is 23.3 Å². The first kappa shape index (κ1) is 21.0. The van der Waals surface area contributed by atoms with Gasteiger partial charge in [-0.1, -0.05) is 20.8 Å². The summed E-state index contributed by atoms with van der Waals surface area (Å²) in [4.78, 5) is 14.0. The number of carbonyl (C=O) groups is 1. The van der Waals surface area contributed by atoms with Crippen molar-refractivity contribution in [3.8, 4) is 0 Å². The van der Waals surface area contributed by atoms with E-state index in [4.69, 9.17) is 0 Å². The molecule has 10 heteroatoms. The van der Waals surface area contributed by atoms with Crippen LogP contribution in [0.4, 0.5) is 18.0 Å². The van der Waals surface area contributed by atoms with Gasteiger partial charge in [-0.3, -0.25) is 0 Å². The normalized spacial score (nSPS) is 16.0. The molecule has 0 saturated carbocycles. The second-order valence-corrected chi connectivity index (χ2v) is 6.82. The number of rotatable bonds is 5. The Morgan fingerprint density at radius 2 is 2.04 bits per heavy atom. The van der Waals surface area contributed by atoms with E-state index in [1.54, 1.807) is 18.2 Å². The topological polar surface area (TPSA) is 63.5 Å². The third kappa shape index (κ3) is 5.50. The molecule has 0 unspecified atom stereocenters. The largest absolute Gasteiger partial charge is 0.411 e. The Morgan fingerprint density at radius 1 is 1.44 bits per heavy atom. The van der Waals surface area contributed by atoms with E-state index in [2.05, 4.69) is 10.2 Å². The molecule has 0 aromatic carbocycles. The molecule has 1 aliphatic rings. The van der Waals surface area contributed by atoms with Crippen molar-refractivity contribution in [2.45, 2.75) is 52.8 Å². The molecule has 0 aromatic heterocycles. The van der Waals surface area contributed by atoms with Gasteiger partial charge in [-0.15, -0.1) is 5.10 Å². The summed E-state index contributed by atoms with van der Waals surface area (Å²) in [6.45, 7) is 8.32. The van der Waals surface area contributed by atoms with Gasteiger partial charge in [0.15, 0.2) is 0 Å². The molecule has 25 heavy (non-hydrogen) atoms. The third-order valence-corrected chi connectivity index (χ3v) is 3.48. The van der Waals surface area contributed by atoms with Gasteiger partial charge in [0.05, 0.1) is 0 Å². The highest BCUT2D eigenvalue weighted by molar-refractivity contribution is 5.85. The number of nitrogens with zero attached hydrogens (tertiary/aromatic N) is 5. The first-order valence-corrected chi connectivity index (χ1v) is 8.16. The number of urea groups is 1. The van der Waals surface area contributed by atoms with Crippen LogP contribution in [0.1, 0.15) is 41.0 Å². The monoisotopic (exact) mass is 364 g/mol. The molecule has 0 saturated heterocycles. The zero-order valence-corrected chi connectivity index (χ0v) is 15.6. The van der Waals surface area contributed by atoms with Gasteiger partial charge in [0.25, 0.3) is 0 Å². The zero-order valence-electron chi connectivity index (χ0n) is 15.6. The molecule has 0 fully saturated rings. The maximum atomic E-state index is 13.0. The molecule has 0 aromatic rings. The SMILES string of the molecule is CCCN(C)C1=NN(C(=O)NC(C)(C)C(F)(F)F)CN1N=CC(C)C. The van der Waals surface area contributed by atoms with E-state index in [1.807, 2.05) is 26.1 Å². The Hall–Kier alpha value is -2.00. The maximum Gasteiger partial charge on any atom is 0.411 e. The Labute approximate surface area is 146 Å². The zero-order chi connectivity index (χ0) is 19.4. The molecular weight excluding hydrogens is 337 g/mol. The van der Waals surface area contributed by atoms with Gasteiger partial charge < -0.3 is 10.2 Å². The van der Waals surface area contributed by atoms with Crippen LogP contribution in [0.3, 0.4) is 0 Å². The minimum Gasteiger partial charge on any atom is -0.343 e. The summed E-state index contributed by atoms with van der Waals surface area (Å²) in [5.74, 6) is 0.600. The van der Waals surface area contributed by atoms with E-state index in [1.165, 1.54) is 5.01 Å². The highest BCUT2D eigenvalue weighted by Gasteiger charge is 2.49. The molecule has 1 rings (SSSR count). The summed E-state index contributed by atoms with van der Waals surface area (Å²) in [6.07, 6.45) is -2.02. The summed E-state index contributed by atoms with van der Waals surface area (Å²) in [6, 6.07) is -0.924. The van der Waals surface area contributed by atoms with Crippen LogP contribution in [0, 0.1) is 5.92 Å². The lowest BCUT2D eigenvalue weighted by Gasteiger charge is -2.30. The molecule has 7 nitrogen and oxygen atoms in total. The highest BCUT2D eigenvalue weighted by atomic mass is 19.4. The first-order valence-electron chi connectivity index (χ1n) is 8.16. The highest BCUT2D eigenvalue weighted by Crippen LogP contribution is 2.29. The summed E-state index contributed by atoms with van der Waals surface area (Å²) < 4.78 is 38.9. The molecule has 0 atom stereocenters. The standard InChI is InChI=1S/C15H27F3N6O/c1-7-8-22(6)12-21-24(10-23(12)19-9-11(2)3)13(25)20-14(4,5)15(16,17)18/h9,11H,7-8,10H2,1-6H3,(H,20,25). The molecule has 1 heterocycles. The average Bonchev–Trinajstić information content (AvgIpc) is 2.88. The molecule has 0 radical (unpaired) electrons. The number of nitrogens with one attached hydrogen (secondary N) is 1. The second kappa shape index (κ2) is 7.92. The quantitative estimate of drug-likeness (QED) is 0.763. The van der Waals surface area contributed by atoms with E-state index < -0.39 is 17.7 Å². The van der Waals surface area contributed by atoms with E-state index in [0.717, 1.165) is 25.3 Å². The number of hydrogen-bond donors (Lipinski definition) is 1. The van der Waals surface area contributed by atoms with Crippen LogP contribution in [-0.2, 0) is 0 Å². The van der Waals surface area contributed by atoms with Gasteiger partial charge in [0.1, 0.15) is 12.2 Å². The fourth-order valence-corrected chi connectivity index (χ4v) is 1.90. The lowest BCUT2D eigenvalue weighted by atomic mass is 10.1. The number of amides is 2. The van der Waals surface area contributed by atoms with Crippen molar-refractivity contribution in [2.75, 3.05) is 20.3 Å². The lowest BCUT2D eigenvalue weighted by Crippen LogP contribution is -2.56. The predicted octanol–water partition coefficient (Wildman–Crippen LogP) is 2.87. The first-order chi connectivity index (χ1) is 11.4. The van der Waals surface area contributed by atoms with Crippen molar-refractivity contribution in [2.24, 2.45) is 16.1 Å². The van der Waals surface area contributed by atoms with Crippen LogP contribution >= 0.6 is 0 Å². The van der Waals surface area contributed by atoms with Crippen LogP contribution in [0.15, 0.2) is 10.2 Å². The van der Waals surface area contributed by atoms with Crippen molar-refractivity contribution in [1.82, 2.24) is 20.2 Å². The van der Waals surface area contributed by atoms with Crippen LogP contribution in [0.25, 0.3) is 0 Å². The minimum absolute atomic E-state index is 0.0492. The number of hydrogen-bond acceptors (Lipinski definition) is 5. The molecule has 2 amide bonds. The van der Waals surface area contributed by atoms with Crippen LogP contribution in [-0.4, -0.2) is 65.1 Å². The number of carbonyl (C=O) groups excluding carboxylic acids is 1. The Bertz CT molecular complexity index is 530. The number of guanidine groups is 1. The molecule has 1 aliphatic heterocycles. The van der Waals surface area contributed by atoms with Gasteiger partial charge in [0, 0.05) is 19.8 Å².